The molecule has 0 aliphatic carbocycles. The minimum Gasteiger partial charge on any atom is -0.495 e. The molecule has 0 radical (unpaired) electrons. The number of hydrogen-bond acceptors (Lipinski definition) is 3. The van der Waals surface area contributed by atoms with E-state index in [1.165, 1.54) is 6.21 Å². The van der Waals surface area contributed by atoms with Crippen LogP contribution in [0.25, 0.3) is 0 Å². The number of ether oxygens (including phenoxy) is 2. The summed E-state index contributed by atoms with van der Waals surface area (Å²) in [6, 6.07) is 0. The zero-order valence-corrected chi connectivity index (χ0v) is 8.19. The number of nitrogens with zero attached hydrogens (tertiary/aromatic N) is 1. The van der Waals surface area contributed by atoms with Crippen LogP contribution in [-0.4, -0.2) is 30.1 Å². The number of allylic oxidation sites excluding steroid dienone is 1. The van der Waals surface area contributed by atoms with Gasteiger partial charge in [-0.25, -0.2) is 4.79 Å². The van der Waals surface area contributed by atoms with Crippen molar-refractivity contribution < 1.29 is 19.4 Å². The van der Waals surface area contributed by atoms with Crippen LogP contribution in [0.4, 0.5) is 4.79 Å². The van der Waals surface area contributed by atoms with Gasteiger partial charge < -0.3 is 14.6 Å². The molecule has 1 saturated heterocycles. The minimum absolute atomic E-state index is 0.317. The van der Waals surface area contributed by atoms with Gasteiger partial charge in [0.2, 0.25) is 0 Å². The van der Waals surface area contributed by atoms with Gasteiger partial charge in [-0.3, -0.25) is 0 Å². The van der Waals surface area contributed by atoms with E-state index in [9.17, 15) is 4.79 Å². The Labute approximate surface area is 82.0 Å². The van der Waals surface area contributed by atoms with Crippen LogP contribution in [0.1, 0.15) is 20.3 Å². The number of hydrogen-bond donors (Lipinski definition) is 1. The molecule has 1 unspecified atom stereocenters. The van der Waals surface area contributed by atoms with Crippen LogP contribution in [0.5, 0.6) is 0 Å². The summed E-state index contributed by atoms with van der Waals surface area (Å²) in [7, 11) is 0. The quantitative estimate of drug-likeness (QED) is 0.425. The first-order valence-corrected chi connectivity index (χ1v) is 4.42. The van der Waals surface area contributed by atoms with Crippen LogP contribution in [0, 0.1) is 0 Å². The van der Waals surface area contributed by atoms with Gasteiger partial charge in [0, 0.05) is 0 Å². The molecule has 1 heterocycles. The monoisotopic (exact) mass is 199 g/mol. The molecule has 14 heavy (non-hydrogen) atoms. The lowest BCUT2D eigenvalue weighted by Gasteiger charge is -2.00. The average Bonchev–Trinajstić information content (AvgIpc) is 2.90. The highest BCUT2D eigenvalue weighted by molar-refractivity contribution is 5.83. The Balaban J connectivity index is 2.40. The van der Waals surface area contributed by atoms with Crippen molar-refractivity contribution in [2.24, 2.45) is 4.99 Å². The second kappa shape index (κ2) is 4.64. The molecule has 1 amide bonds. The van der Waals surface area contributed by atoms with Crippen LogP contribution in [0.2, 0.25) is 0 Å². The zero-order chi connectivity index (χ0) is 10.6. The van der Waals surface area contributed by atoms with E-state index in [1.807, 2.05) is 6.92 Å². The van der Waals surface area contributed by atoms with Gasteiger partial charge in [0.15, 0.2) is 11.9 Å². The van der Waals surface area contributed by atoms with Crippen LogP contribution < -0.4 is 0 Å². The summed E-state index contributed by atoms with van der Waals surface area (Å²) in [6.07, 6.45) is 0.643. The van der Waals surface area contributed by atoms with E-state index in [-0.39, 0.29) is 6.10 Å². The Morgan fingerprint density at radius 3 is 3.07 bits per heavy atom. The molecule has 5 nitrogen and oxygen atoms in total. The van der Waals surface area contributed by atoms with Gasteiger partial charge >= 0.3 is 6.09 Å². The van der Waals surface area contributed by atoms with Gasteiger partial charge in [0.05, 0.1) is 12.8 Å². The van der Waals surface area contributed by atoms with Crippen LogP contribution in [0.3, 0.4) is 0 Å². The molecule has 1 atom stereocenters. The van der Waals surface area contributed by atoms with E-state index >= 15 is 0 Å². The average molecular weight is 199 g/mol. The van der Waals surface area contributed by atoms with Gasteiger partial charge in [-0.1, -0.05) is 6.92 Å². The first-order chi connectivity index (χ1) is 6.65. The van der Waals surface area contributed by atoms with E-state index in [1.54, 1.807) is 6.92 Å². The molecular weight excluding hydrogens is 186 g/mol. The zero-order valence-electron chi connectivity index (χ0n) is 8.19. The first kappa shape index (κ1) is 10.6. The SMILES string of the molecule is CCCO/C(C)=C1/OC1C=NC(=O)O. The van der Waals surface area contributed by atoms with Crippen molar-refractivity contribution in [3.05, 3.63) is 11.5 Å². The third kappa shape index (κ3) is 3.08. The van der Waals surface area contributed by atoms with Crippen LogP contribution >= 0.6 is 0 Å². The molecule has 0 aromatic carbocycles. The summed E-state index contributed by atoms with van der Waals surface area (Å²) in [5.74, 6) is 1.37. The molecule has 1 rings (SSSR count). The lowest BCUT2D eigenvalue weighted by Crippen LogP contribution is -1.94. The smallest absolute Gasteiger partial charge is 0.430 e. The maximum Gasteiger partial charge on any atom is 0.430 e. The largest absolute Gasteiger partial charge is 0.495 e. The third-order valence-electron chi connectivity index (χ3n) is 1.65. The molecule has 0 bridgehead atoms. The summed E-state index contributed by atoms with van der Waals surface area (Å²) in [4.78, 5) is 13.3. The lowest BCUT2D eigenvalue weighted by molar-refractivity contribution is 0.205. The maximum absolute atomic E-state index is 10.1. The van der Waals surface area contributed by atoms with Crippen molar-refractivity contribution in [2.45, 2.75) is 26.4 Å². The van der Waals surface area contributed by atoms with Crippen molar-refractivity contribution in [2.75, 3.05) is 6.61 Å². The molecule has 0 aromatic rings. The molecule has 0 saturated carbocycles. The summed E-state index contributed by atoms with van der Waals surface area (Å²) in [6.45, 7) is 4.44. The Hall–Kier alpha value is -1.52. The molecule has 5 heteroatoms. The molecular formula is C9H13NO4. The summed E-state index contributed by atoms with van der Waals surface area (Å²) in [5.41, 5.74) is 0. The van der Waals surface area contributed by atoms with E-state index in [0.29, 0.717) is 18.1 Å². The Morgan fingerprint density at radius 1 is 1.79 bits per heavy atom. The molecule has 1 fully saturated rings. The van der Waals surface area contributed by atoms with E-state index in [4.69, 9.17) is 14.6 Å². The second-order valence-electron chi connectivity index (χ2n) is 2.87. The second-order valence-corrected chi connectivity index (χ2v) is 2.87. The van der Waals surface area contributed by atoms with E-state index in [2.05, 4.69) is 4.99 Å². The molecule has 0 spiro atoms. The van der Waals surface area contributed by atoms with Gasteiger partial charge in [-0.2, -0.15) is 4.99 Å². The van der Waals surface area contributed by atoms with E-state index in [0.717, 1.165) is 6.42 Å². The first-order valence-electron chi connectivity index (χ1n) is 4.42. The fourth-order valence-electron chi connectivity index (χ4n) is 0.942. The van der Waals surface area contributed by atoms with Crippen molar-refractivity contribution in [3.63, 3.8) is 0 Å². The molecule has 1 aliphatic rings. The van der Waals surface area contributed by atoms with Gasteiger partial charge in [-0.05, 0) is 13.3 Å². The predicted octanol–water partition coefficient (Wildman–Crippen LogP) is 1.79. The number of amides is 1. The number of aliphatic imine (C=N–C) groups is 1. The molecule has 1 aliphatic heterocycles. The molecule has 0 aromatic heterocycles. The van der Waals surface area contributed by atoms with Gasteiger partial charge in [-0.15, -0.1) is 0 Å². The summed E-state index contributed by atoms with van der Waals surface area (Å²) in [5, 5.41) is 8.26. The highest BCUT2D eigenvalue weighted by Crippen LogP contribution is 2.29. The number of epoxide rings is 1. The Morgan fingerprint density at radius 2 is 2.50 bits per heavy atom. The standard InChI is InChI=1S/C9H13NO4/c1-3-4-13-6(2)8-7(14-8)5-10-9(11)12/h5,7H,3-4H2,1-2H3,(H,11,12)/b8-6+,10-5?. The van der Waals surface area contributed by atoms with Crippen LogP contribution in [0.15, 0.2) is 16.5 Å². The van der Waals surface area contributed by atoms with Crippen molar-refractivity contribution in [1.82, 2.24) is 0 Å². The minimum atomic E-state index is -1.22. The van der Waals surface area contributed by atoms with Crippen molar-refractivity contribution in [1.29, 1.82) is 0 Å². The summed E-state index contributed by atoms with van der Waals surface area (Å²) >= 11 is 0. The van der Waals surface area contributed by atoms with E-state index < -0.39 is 6.09 Å². The molecule has 1 N–H and O–H groups in total. The highest BCUT2D eigenvalue weighted by atomic mass is 16.6. The lowest BCUT2D eigenvalue weighted by atomic mass is 10.4. The fraction of sp³-hybridized carbons (Fsp3) is 0.556. The van der Waals surface area contributed by atoms with Crippen LogP contribution in [-0.2, 0) is 9.47 Å². The Kier molecular flexibility index (Phi) is 3.50. The molecule has 78 valence electrons. The highest BCUT2D eigenvalue weighted by Gasteiger charge is 2.34. The number of carbonyl (C=O) groups is 1. The fourth-order valence-corrected chi connectivity index (χ4v) is 0.942. The Bertz CT molecular complexity index is 283. The predicted molar refractivity (Wildman–Crippen MR) is 50.3 cm³/mol. The van der Waals surface area contributed by atoms with Gasteiger partial charge in [0.25, 0.3) is 0 Å². The summed E-state index contributed by atoms with van der Waals surface area (Å²) < 4.78 is 10.4. The van der Waals surface area contributed by atoms with Crippen molar-refractivity contribution in [3.8, 4) is 0 Å². The van der Waals surface area contributed by atoms with Gasteiger partial charge in [0.1, 0.15) is 5.76 Å². The van der Waals surface area contributed by atoms with Crippen molar-refractivity contribution >= 4 is 12.3 Å². The third-order valence-corrected chi connectivity index (χ3v) is 1.65. The normalized spacial score (nSPS) is 23.1. The number of rotatable bonds is 4. The topological polar surface area (TPSA) is 71.4 Å². The maximum atomic E-state index is 10.1. The number of carboxylic acid groups (broad SMARTS) is 1.